The van der Waals surface area contributed by atoms with Crippen LogP contribution in [0.4, 0.5) is 11.5 Å². The summed E-state index contributed by atoms with van der Waals surface area (Å²) in [7, 11) is 0. The number of benzene rings is 1. The first-order valence-electron chi connectivity index (χ1n) is 7.49. The third-order valence-electron chi connectivity index (χ3n) is 3.86. The number of aromatic nitrogens is 2. The normalized spacial score (nSPS) is 15.6. The molecule has 3 rings (SSSR count). The zero-order valence-electron chi connectivity index (χ0n) is 12.0. The Hall–Kier alpha value is -1.88. The molecule has 1 fully saturated rings. The van der Waals surface area contributed by atoms with Crippen molar-refractivity contribution < 1.29 is 0 Å². The molecule has 1 heterocycles. The van der Waals surface area contributed by atoms with Crippen molar-refractivity contribution in [3.8, 4) is 0 Å². The number of rotatable bonds is 3. The smallest absolute Gasteiger partial charge is 0.176 e. The second-order valence-electron chi connectivity index (χ2n) is 5.40. The molecule has 1 aromatic heterocycles. The van der Waals surface area contributed by atoms with Crippen molar-refractivity contribution in [2.24, 2.45) is 0 Å². The average Bonchev–Trinajstić information content (AvgIpc) is 2.97. The van der Waals surface area contributed by atoms with Crippen LogP contribution in [-0.4, -0.2) is 14.9 Å². The molecule has 110 valence electrons. The summed E-state index contributed by atoms with van der Waals surface area (Å²) in [6, 6.07) is 12.4. The van der Waals surface area contributed by atoms with Gasteiger partial charge in [-0.2, -0.15) is 5.10 Å². The number of anilines is 2. The molecular formula is C16H20N4S. The third-order valence-corrected chi connectivity index (χ3v) is 4.07. The van der Waals surface area contributed by atoms with Gasteiger partial charge >= 0.3 is 0 Å². The minimum absolute atomic E-state index is 0.496. The molecule has 2 N–H and O–H groups in total. The van der Waals surface area contributed by atoms with Crippen LogP contribution in [0.3, 0.4) is 0 Å². The second-order valence-corrected chi connectivity index (χ2v) is 5.81. The molecule has 5 heteroatoms. The minimum Gasteiger partial charge on any atom is -0.332 e. The fraction of sp³-hybridized carbons (Fsp3) is 0.375. The van der Waals surface area contributed by atoms with Crippen molar-refractivity contribution in [1.29, 1.82) is 0 Å². The van der Waals surface area contributed by atoms with Gasteiger partial charge in [0.15, 0.2) is 5.11 Å². The van der Waals surface area contributed by atoms with Gasteiger partial charge in [0.1, 0.15) is 5.82 Å². The van der Waals surface area contributed by atoms with E-state index in [-0.39, 0.29) is 0 Å². The zero-order valence-corrected chi connectivity index (χ0v) is 12.8. The molecule has 0 saturated heterocycles. The Labute approximate surface area is 130 Å². The summed E-state index contributed by atoms with van der Waals surface area (Å²) >= 11 is 5.38. The third kappa shape index (κ3) is 3.61. The lowest BCUT2D eigenvalue weighted by atomic mass is 9.96. The van der Waals surface area contributed by atoms with E-state index in [0.717, 1.165) is 11.5 Å². The predicted molar refractivity (Wildman–Crippen MR) is 90.6 cm³/mol. The lowest BCUT2D eigenvalue weighted by Crippen LogP contribution is -2.23. The van der Waals surface area contributed by atoms with Crippen molar-refractivity contribution in [2.45, 2.75) is 38.1 Å². The molecule has 0 atom stereocenters. The van der Waals surface area contributed by atoms with E-state index in [1.807, 2.05) is 42.6 Å². The van der Waals surface area contributed by atoms with E-state index in [4.69, 9.17) is 12.2 Å². The number of nitrogens with one attached hydrogen (secondary N) is 2. The van der Waals surface area contributed by atoms with Crippen LogP contribution in [-0.2, 0) is 0 Å². The highest BCUT2D eigenvalue weighted by Crippen LogP contribution is 2.29. The van der Waals surface area contributed by atoms with Gasteiger partial charge in [-0.05, 0) is 37.2 Å². The highest BCUT2D eigenvalue weighted by molar-refractivity contribution is 7.80. The molecule has 2 aromatic rings. The molecule has 1 aliphatic carbocycles. The van der Waals surface area contributed by atoms with E-state index >= 15 is 0 Å². The maximum absolute atomic E-state index is 5.38. The average molecular weight is 300 g/mol. The molecular weight excluding hydrogens is 280 g/mol. The first kappa shape index (κ1) is 14.1. The van der Waals surface area contributed by atoms with Crippen LogP contribution in [0.25, 0.3) is 0 Å². The van der Waals surface area contributed by atoms with Crippen LogP contribution in [0.15, 0.2) is 42.6 Å². The van der Waals surface area contributed by atoms with Gasteiger partial charge < -0.3 is 10.6 Å². The summed E-state index contributed by atoms with van der Waals surface area (Å²) < 4.78 is 2.08. The Balaban J connectivity index is 1.65. The van der Waals surface area contributed by atoms with E-state index in [0.29, 0.717) is 11.2 Å². The Bertz CT molecular complexity index is 587. The van der Waals surface area contributed by atoms with Crippen LogP contribution in [0, 0.1) is 0 Å². The minimum atomic E-state index is 0.496. The van der Waals surface area contributed by atoms with Gasteiger partial charge in [-0.1, -0.05) is 37.5 Å². The Morgan fingerprint density at radius 3 is 2.57 bits per heavy atom. The number of thiocarbonyl (C=S) groups is 1. The number of hydrogen-bond donors (Lipinski definition) is 2. The maximum atomic E-state index is 5.38. The SMILES string of the molecule is S=C(Nc1ccccc1)Nc1ccnn1C1CCCCC1. The Kier molecular flexibility index (Phi) is 4.50. The van der Waals surface area contributed by atoms with Gasteiger partial charge in [0.2, 0.25) is 0 Å². The van der Waals surface area contributed by atoms with Crippen LogP contribution in [0.2, 0.25) is 0 Å². The molecule has 1 saturated carbocycles. The highest BCUT2D eigenvalue weighted by atomic mass is 32.1. The van der Waals surface area contributed by atoms with Crippen molar-refractivity contribution in [3.63, 3.8) is 0 Å². The van der Waals surface area contributed by atoms with Gasteiger partial charge in [0.25, 0.3) is 0 Å². The van der Waals surface area contributed by atoms with E-state index in [9.17, 15) is 0 Å². The predicted octanol–water partition coefficient (Wildman–Crippen LogP) is 4.20. The lowest BCUT2D eigenvalue weighted by molar-refractivity contribution is 0.333. The van der Waals surface area contributed by atoms with Crippen molar-refractivity contribution in [3.05, 3.63) is 42.6 Å². The van der Waals surface area contributed by atoms with Gasteiger partial charge in [0, 0.05) is 11.8 Å². The molecule has 1 aliphatic rings. The number of nitrogens with zero attached hydrogens (tertiary/aromatic N) is 2. The van der Waals surface area contributed by atoms with Gasteiger partial charge in [-0.3, -0.25) is 0 Å². The molecule has 0 bridgehead atoms. The first-order chi connectivity index (χ1) is 10.3. The highest BCUT2D eigenvalue weighted by Gasteiger charge is 2.18. The Morgan fingerprint density at radius 2 is 1.81 bits per heavy atom. The molecule has 0 aliphatic heterocycles. The van der Waals surface area contributed by atoms with E-state index in [1.54, 1.807) is 0 Å². The maximum Gasteiger partial charge on any atom is 0.176 e. The quantitative estimate of drug-likeness (QED) is 0.834. The number of hydrogen-bond acceptors (Lipinski definition) is 2. The fourth-order valence-electron chi connectivity index (χ4n) is 2.83. The summed E-state index contributed by atoms with van der Waals surface area (Å²) in [6.45, 7) is 0. The van der Waals surface area contributed by atoms with E-state index < -0.39 is 0 Å². The summed E-state index contributed by atoms with van der Waals surface area (Å²) in [5, 5.41) is 11.5. The largest absolute Gasteiger partial charge is 0.332 e. The van der Waals surface area contributed by atoms with Crippen LogP contribution in [0.1, 0.15) is 38.1 Å². The summed E-state index contributed by atoms with van der Waals surface area (Å²) in [5.74, 6) is 0.968. The molecule has 21 heavy (non-hydrogen) atoms. The topological polar surface area (TPSA) is 41.9 Å². The molecule has 4 nitrogen and oxygen atoms in total. The summed E-state index contributed by atoms with van der Waals surface area (Å²) in [6.07, 6.45) is 8.16. The lowest BCUT2D eigenvalue weighted by Gasteiger charge is -2.24. The van der Waals surface area contributed by atoms with Crippen LogP contribution >= 0.6 is 12.2 Å². The van der Waals surface area contributed by atoms with Crippen LogP contribution < -0.4 is 10.6 Å². The standard InChI is InChI=1S/C16H20N4S/c21-16(18-13-7-3-1-4-8-13)19-15-11-12-17-20(15)14-9-5-2-6-10-14/h1,3-4,7-8,11-12,14H,2,5-6,9-10H2,(H2,18,19,21). The van der Waals surface area contributed by atoms with E-state index in [1.165, 1.54) is 32.1 Å². The van der Waals surface area contributed by atoms with Gasteiger partial charge in [0.05, 0.1) is 12.2 Å². The summed E-state index contributed by atoms with van der Waals surface area (Å²) in [5.41, 5.74) is 0.985. The zero-order chi connectivity index (χ0) is 14.5. The summed E-state index contributed by atoms with van der Waals surface area (Å²) in [4.78, 5) is 0. The van der Waals surface area contributed by atoms with Crippen LogP contribution in [0.5, 0.6) is 0 Å². The van der Waals surface area contributed by atoms with Crippen molar-refractivity contribution >= 4 is 28.8 Å². The molecule has 0 amide bonds. The first-order valence-corrected chi connectivity index (χ1v) is 7.90. The van der Waals surface area contributed by atoms with Crippen molar-refractivity contribution in [1.82, 2.24) is 9.78 Å². The van der Waals surface area contributed by atoms with Crippen molar-refractivity contribution in [2.75, 3.05) is 10.6 Å². The molecule has 0 unspecified atom stereocenters. The molecule has 1 aromatic carbocycles. The van der Waals surface area contributed by atoms with Gasteiger partial charge in [-0.25, -0.2) is 4.68 Å². The fourth-order valence-corrected chi connectivity index (χ4v) is 3.05. The Morgan fingerprint density at radius 1 is 1.05 bits per heavy atom. The van der Waals surface area contributed by atoms with Gasteiger partial charge in [-0.15, -0.1) is 0 Å². The second kappa shape index (κ2) is 6.72. The molecule has 0 radical (unpaired) electrons. The monoisotopic (exact) mass is 300 g/mol. The van der Waals surface area contributed by atoms with E-state index in [2.05, 4.69) is 20.4 Å². The molecule has 0 spiro atoms. The number of para-hydroxylation sites is 1.